The molecule has 132 valence electrons. The van der Waals surface area contributed by atoms with Gasteiger partial charge in [-0.15, -0.1) is 0 Å². The van der Waals surface area contributed by atoms with Gasteiger partial charge in [-0.05, 0) is 48.9 Å². The number of rotatable bonds is 6. The van der Waals surface area contributed by atoms with Crippen molar-refractivity contribution in [3.63, 3.8) is 0 Å². The van der Waals surface area contributed by atoms with Gasteiger partial charge in [-0.25, -0.2) is 4.79 Å². The van der Waals surface area contributed by atoms with Crippen molar-refractivity contribution in [2.75, 3.05) is 10.6 Å². The normalized spacial score (nSPS) is 10.7. The molecule has 0 aliphatic carbocycles. The summed E-state index contributed by atoms with van der Waals surface area (Å²) in [5.41, 5.74) is 2.10. The van der Waals surface area contributed by atoms with E-state index in [1.165, 1.54) is 0 Å². The molecule has 0 radical (unpaired) electrons. The van der Waals surface area contributed by atoms with E-state index in [1.54, 1.807) is 50.2 Å². The smallest absolute Gasteiger partial charge is 0.323 e. The van der Waals surface area contributed by atoms with Gasteiger partial charge in [0, 0.05) is 19.5 Å². The van der Waals surface area contributed by atoms with Gasteiger partial charge in [0.25, 0.3) is 6.47 Å². The highest BCUT2D eigenvalue weighted by atomic mass is 35.5. The molecule has 0 spiro atoms. The summed E-state index contributed by atoms with van der Waals surface area (Å²) in [6.07, 6.45) is 0. The molecule has 0 fully saturated rings. The highest BCUT2D eigenvalue weighted by Gasteiger charge is 2.20. The van der Waals surface area contributed by atoms with E-state index in [-0.39, 0.29) is 0 Å². The first kappa shape index (κ1) is 18.6. The summed E-state index contributed by atoms with van der Waals surface area (Å²) in [4.78, 5) is 22.5. The van der Waals surface area contributed by atoms with Crippen LogP contribution in [0.5, 0.6) is 5.75 Å². The fraction of sp³-hybridized carbons (Fsp3) is 0.222. The van der Waals surface area contributed by atoms with Crippen LogP contribution in [0.25, 0.3) is 0 Å². The average molecular weight is 363 g/mol. The monoisotopic (exact) mass is 362 g/mol. The van der Waals surface area contributed by atoms with E-state index in [4.69, 9.17) is 21.1 Å². The van der Waals surface area contributed by atoms with E-state index >= 15 is 0 Å². The lowest BCUT2D eigenvalue weighted by molar-refractivity contribution is -0.170. The molecule has 2 rings (SSSR count). The minimum absolute atomic E-state index is 0.330. The summed E-state index contributed by atoms with van der Waals surface area (Å²) < 4.78 is 10.3. The molecule has 2 amide bonds. The molecule has 2 N–H and O–H groups in total. The maximum atomic E-state index is 12.0. The number of aryl methyl sites for hydroxylation is 1. The Hall–Kier alpha value is -2.73. The Balaban J connectivity index is 1.96. The van der Waals surface area contributed by atoms with Crippen LogP contribution in [0.4, 0.5) is 16.2 Å². The maximum Gasteiger partial charge on any atom is 0.323 e. The summed E-state index contributed by atoms with van der Waals surface area (Å²) in [7, 11) is 0. The Morgan fingerprint density at radius 2 is 1.80 bits per heavy atom. The zero-order chi connectivity index (χ0) is 18.4. The summed E-state index contributed by atoms with van der Waals surface area (Å²) in [6, 6.07) is 11.6. The van der Waals surface area contributed by atoms with Crippen LogP contribution in [-0.4, -0.2) is 18.3 Å². The minimum Gasteiger partial charge on any atom is -0.453 e. The molecule has 0 saturated heterocycles. The lowest BCUT2D eigenvalue weighted by atomic mass is 10.2. The Morgan fingerprint density at radius 1 is 1.12 bits per heavy atom. The van der Waals surface area contributed by atoms with E-state index in [0.717, 1.165) is 5.56 Å². The number of carbonyl (C=O) groups excluding carboxylic acids is 2. The van der Waals surface area contributed by atoms with Gasteiger partial charge in [0.1, 0.15) is 5.75 Å². The number of anilines is 2. The average Bonchev–Trinajstić information content (AvgIpc) is 2.51. The third-order valence-electron chi connectivity index (χ3n) is 3.18. The van der Waals surface area contributed by atoms with Gasteiger partial charge < -0.3 is 20.1 Å². The molecule has 7 heteroatoms. The Bertz CT molecular complexity index is 760. The number of urea groups is 1. The predicted octanol–water partition coefficient (Wildman–Crippen LogP) is 4.58. The van der Waals surface area contributed by atoms with Crippen molar-refractivity contribution in [3.8, 4) is 5.75 Å². The Labute approximate surface area is 151 Å². The van der Waals surface area contributed by atoms with Gasteiger partial charge in [0.15, 0.2) is 0 Å². The lowest BCUT2D eigenvalue weighted by Crippen LogP contribution is -2.31. The molecule has 6 nitrogen and oxygen atoms in total. The number of nitrogens with one attached hydrogen (secondary N) is 2. The topological polar surface area (TPSA) is 76.7 Å². The van der Waals surface area contributed by atoms with Crippen molar-refractivity contribution in [3.05, 3.63) is 53.1 Å². The van der Waals surface area contributed by atoms with Crippen LogP contribution in [0.15, 0.2) is 42.5 Å². The number of carbonyl (C=O) groups is 2. The minimum atomic E-state index is -1.07. The molecule has 2 aromatic rings. The molecule has 0 aromatic heterocycles. The van der Waals surface area contributed by atoms with Gasteiger partial charge in [-0.3, -0.25) is 4.79 Å². The van der Waals surface area contributed by atoms with Crippen LogP contribution in [0.3, 0.4) is 0 Å². The number of halogens is 1. The molecular weight excluding hydrogens is 344 g/mol. The third kappa shape index (κ3) is 5.69. The highest BCUT2D eigenvalue weighted by Crippen LogP contribution is 2.24. The number of benzene rings is 2. The van der Waals surface area contributed by atoms with Gasteiger partial charge in [-0.1, -0.05) is 17.7 Å². The Kier molecular flexibility index (Phi) is 5.88. The molecule has 25 heavy (non-hydrogen) atoms. The molecular formula is C18H19ClN2O4. The van der Waals surface area contributed by atoms with Gasteiger partial charge in [0.2, 0.25) is 5.79 Å². The second-order valence-corrected chi connectivity index (χ2v) is 6.21. The van der Waals surface area contributed by atoms with Crippen LogP contribution in [-0.2, 0) is 9.53 Å². The molecule has 2 aromatic carbocycles. The van der Waals surface area contributed by atoms with Crippen LogP contribution >= 0.6 is 11.6 Å². The standard InChI is InChI=1S/C18H19ClN2O4/c1-12-4-9-16(15(19)10-12)21-17(23)20-13-5-7-14(8-6-13)25-18(2,3)24-11-22/h4-11H,1-3H3,(H2,20,21,23). The first-order valence-corrected chi connectivity index (χ1v) is 7.91. The van der Waals surface area contributed by atoms with Crippen molar-refractivity contribution >= 4 is 35.5 Å². The number of ether oxygens (including phenoxy) is 2. The molecule has 0 heterocycles. The van der Waals surface area contributed by atoms with E-state index in [0.29, 0.717) is 28.6 Å². The molecule has 0 atom stereocenters. The van der Waals surface area contributed by atoms with Gasteiger partial charge in [-0.2, -0.15) is 0 Å². The second-order valence-electron chi connectivity index (χ2n) is 5.80. The zero-order valence-electron chi connectivity index (χ0n) is 14.1. The molecule has 0 aliphatic rings. The van der Waals surface area contributed by atoms with E-state index in [1.807, 2.05) is 13.0 Å². The van der Waals surface area contributed by atoms with Gasteiger partial charge >= 0.3 is 6.03 Å². The van der Waals surface area contributed by atoms with Crippen molar-refractivity contribution in [2.45, 2.75) is 26.6 Å². The molecule has 0 bridgehead atoms. The highest BCUT2D eigenvalue weighted by molar-refractivity contribution is 6.33. The van der Waals surface area contributed by atoms with Crippen LogP contribution in [0.1, 0.15) is 19.4 Å². The summed E-state index contributed by atoms with van der Waals surface area (Å²) in [5.74, 6) is -0.574. The number of hydrogen-bond acceptors (Lipinski definition) is 4. The second kappa shape index (κ2) is 7.90. The largest absolute Gasteiger partial charge is 0.453 e. The number of amides is 2. The van der Waals surface area contributed by atoms with E-state index in [9.17, 15) is 9.59 Å². The fourth-order valence-electron chi connectivity index (χ4n) is 2.04. The zero-order valence-corrected chi connectivity index (χ0v) is 14.9. The van der Waals surface area contributed by atoms with E-state index in [2.05, 4.69) is 10.6 Å². The SMILES string of the molecule is Cc1ccc(NC(=O)Nc2ccc(OC(C)(C)OC=O)cc2)c(Cl)c1. The van der Waals surface area contributed by atoms with Crippen molar-refractivity contribution in [1.29, 1.82) is 0 Å². The van der Waals surface area contributed by atoms with Crippen LogP contribution < -0.4 is 15.4 Å². The van der Waals surface area contributed by atoms with Crippen molar-refractivity contribution in [2.24, 2.45) is 0 Å². The molecule has 0 unspecified atom stereocenters. The predicted molar refractivity (Wildman–Crippen MR) is 97.1 cm³/mol. The first-order valence-electron chi connectivity index (χ1n) is 7.54. The maximum absolute atomic E-state index is 12.0. The fourth-order valence-corrected chi connectivity index (χ4v) is 2.32. The van der Waals surface area contributed by atoms with Crippen molar-refractivity contribution < 1.29 is 19.1 Å². The molecule has 0 aliphatic heterocycles. The third-order valence-corrected chi connectivity index (χ3v) is 3.49. The summed E-state index contributed by atoms with van der Waals surface area (Å²) >= 11 is 6.09. The molecule has 0 saturated carbocycles. The lowest BCUT2D eigenvalue weighted by Gasteiger charge is -2.24. The van der Waals surface area contributed by atoms with Gasteiger partial charge in [0.05, 0.1) is 10.7 Å². The summed E-state index contributed by atoms with van der Waals surface area (Å²) in [6.45, 7) is 5.48. The number of hydrogen-bond donors (Lipinski definition) is 2. The van der Waals surface area contributed by atoms with Crippen molar-refractivity contribution in [1.82, 2.24) is 0 Å². The summed E-state index contributed by atoms with van der Waals surface area (Å²) in [5, 5.41) is 5.85. The quantitative estimate of drug-likeness (QED) is 0.582. The Morgan fingerprint density at radius 3 is 2.40 bits per heavy atom. The van der Waals surface area contributed by atoms with Crippen LogP contribution in [0.2, 0.25) is 5.02 Å². The van der Waals surface area contributed by atoms with Crippen LogP contribution in [0, 0.1) is 6.92 Å². The first-order chi connectivity index (χ1) is 11.8. The van der Waals surface area contributed by atoms with E-state index < -0.39 is 11.8 Å².